The van der Waals surface area contributed by atoms with Gasteiger partial charge in [-0.25, -0.2) is 0 Å². The maximum Gasteiger partial charge on any atom is 0.118 e. The van der Waals surface area contributed by atoms with Crippen LogP contribution in [0.15, 0.2) is 35.9 Å². The number of benzene rings is 1. The first-order valence-electron chi connectivity index (χ1n) is 5.99. The van der Waals surface area contributed by atoms with E-state index in [0.717, 1.165) is 5.75 Å². The SMILES string of the molecule is COc1ccc(COC/C(C)=C\C(C)C)cc1. The monoisotopic (exact) mass is 234 g/mol. The minimum atomic E-state index is 0.583. The van der Waals surface area contributed by atoms with Gasteiger partial charge in [-0.3, -0.25) is 0 Å². The molecule has 0 spiro atoms. The van der Waals surface area contributed by atoms with Crippen molar-refractivity contribution in [3.63, 3.8) is 0 Å². The Morgan fingerprint density at radius 2 is 1.88 bits per heavy atom. The van der Waals surface area contributed by atoms with Gasteiger partial charge in [0.15, 0.2) is 0 Å². The molecule has 0 radical (unpaired) electrons. The van der Waals surface area contributed by atoms with Crippen molar-refractivity contribution < 1.29 is 9.47 Å². The van der Waals surface area contributed by atoms with Crippen molar-refractivity contribution in [2.75, 3.05) is 13.7 Å². The second-order valence-electron chi connectivity index (χ2n) is 4.60. The van der Waals surface area contributed by atoms with Gasteiger partial charge < -0.3 is 9.47 Å². The standard InChI is InChI=1S/C15H22O2/c1-12(2)9-13(3)10-17-11-14-5-7-15(16-4)8-6-14/h5-9,12H,10-11H2,1-4H3/b13-9-. The molecule has 1 aromatic rings. The Kier molecular flexibility index (Phi) is 5.78. The van der Waals surface area contributed by atoms with Crippen LogP contribution in [0.25, 0.3) is 0 Å². The topological polar surface area (TPSA) is 18.5 Å². The van der Waals surface area contributed by atoms with Crippen LogP contribution >= 0.6 is 0 Å². The Labute approximate surface area is 104 Å². The van der Waals surface area contributed by atoms with Gasteiger partial charge in [-0.2, -0.15) is 0 Å². The van der Waals surface area contributed by atoms with Crippen LogP contribution in [0.4, 0.5) is 0 Å². The van der Waals surface area contributed by atoms with Gasteiger partial charge in [0.05, 0.1) is 20.3 Å². The summed E-state index contributed by atoms with van der Waals surface area (Å²) in [6.07, 6.45) is 2.23. The van der Waals surface area contributed by atoms with E-state index < -0.39 is 0 Å². The molecule has 1 aromatic carbocycles. The molecular formula is C15H22O2. The molecule has 1 rings (SSSR count). The Bertz CT molecular complexity index is 350. The number of ether oxygens (including phenoxy) is 2. The molecule has 0 aliphatic heterocycles. The first-order chi connectivity index (χ1) is 8.11. The van der Waals surface area contributed by atoms with Crippen molar-refractivity contribution >= 4 is 0 Å². The number of hydrogen-bond donors (Lipinski definition) is 0. The molecule has 0 unspecified atom stereocenters. The lowest BCUT2D eigenvalue weighted by molar-refractivity contribution is 0.142. The average molecular weight is 234 g/mol. The quantitative estimate of drug-likeness (QED) is 0.697. The predicted octanol–water partition coefficient (Wildman–Crippen LogP) is 3.81. The maximum absolute atomic E-state index is 5.65. The highest BCUT2D eigenvalue weighted by atomic mass is 16.5. The minimum Gasteiger partial charge on any atom is -0.497 e. The molecule has 0 aliphatic rings. The van der Waals surface area contributed by atoms with Gasteiger partial charge in [0, 0.05) is 0 Å². The number of methoxy groups -OCH3 is 1. The van der Waals surface area contributed by atoms with Gasteiger partial charge in [0.1, 0.15) is 5.75 Å². The molecule has 0 fully saturated rings. The molecule has 0 aliphatic carbocycles. The van der Waals surface area contributed by atoms with Gasteiger partial charge in [-0.1, -0.05) is 37.6 Å². The lowest BCUT2D eigenvalue weighted by Gasteiger charge is -2.07. The van der Waals surface area contributed by atoms with E-state index in [9.17, 15) is 0 Å². The summed E-state index contributed by atoms with van der Waals surface area (Å²) < 4.78 is 10.8. The zero-order chi connectivity index (χ0) is 12.7. The van der Waals surface area contributed by atoms with E-state index in [-0.39, 0.29) is 0 Å². The molecule has 0 N–H and O–H groups in total. The van der Waals surface area contributed by atoms with Gasteiger partial charge >= 0.3 is 0 Å². The number of hydrogen-bond acceptors (Lipinski definition) is 2. The van der Waals surface area contributed by atoms with E-state index in [4.69, 9.17) is 9.47 Å². The second-order valence-corrected chi connectivity index (χ2v) is 4.60. The normalized spacial score (nSPS) is 11.9. The van der Waals surface area contributed by atoms with E-state index in [1.807, 2.05) is 24.3 Å². The first kappa shape index (κ1) is 13.8. The summed E-state index contributed by atoms with van der Waals surface area (Å²) in [6, 6.07) is 7.96. The molecule has 0 atom stereocenters. The van der Waals surface area contributed by atoms with Crippen LogP contribution in [0.2, 0.25) is 0 Å². The minimum absolute atomic E-state index is 0.583. The highest BCUT2D eigenvalue weighted by molar-refractivity contribution is 5.26. The lowest BCUT2D eigenvalue weighted by atomic mass is 10.1. The zero-order valence-corrected chi connectivity index (χ0v) is 11.2. The second kappa shape index (κ2) is 7.13. The fourth-order valence-electron chi connectivity index (χ4n) is 1.67. The summed E-state index contributed by atoms with van der Waals surface area (Å²) in [4.78, 5) is 0. The average Bonchev–Trinajstić information content (AvgIpc) is 2.29. The van der Waals surface area contributed by atoms with Crippen LogP contribution in [-0.4, -0.2) is 13.7 Å². The first-order valence-corrected chi connectivity index (χ1v) is 5.99. The zero-order valence-electron chi connectivity index (χ0n) is 11.2. The summed E-state index contributed by atoms with van der Waals surface area (Å²) in [5, 5.41) is 0. The highest BCUT2D eigenvalue weighted by Gasteiger charge is 1.96. The van der Waals surface area contributed by atoms with E-state index in [0.29, 0.717) is 19.1 Å². The third-order valence-corrected chi connectivity index (χ3v) is 2.38. The van der Waals surface area contributed by atoms with Crippen molar-refractivity contribution in [1.82, 2.24) is 0 Å². The largest absolute Gasteiger partial charge is 0.497 e. The number of rotatable bonds is 6. The Hall–Kier alpha value is -1.28. The molecule has 94 valence electrons. The van der Waals surface area contributed by atoms with Crippen LogP contribution in [0.1, 0.15) is 26.3 Å². The summed E-state index contributed by atoms with van der Waals surface area (Å²) in [6.45, 7) is 7.80. The molecule has 0 aromatic heterocycles. The van der Waals surface area contributed by atoms with E-state index in [1.165, 1.54) is 11.1 Å². The van der Waals surface area contributed by atoms with E-state index >= 15 is 0 Å². The van der Waals surface area contributed by atoms with Gasteiger partial charge in [0.25, 0.3) is 0 Å². The summed E-state index contributed by atoms with van der Waals surface area (Å²) in [7, 11) is 1.67. The maximum atomic E-state index is 5.65. The molecule has 0 saturated carbocycles. The Balaban J connectivity index is 2.35. The highest BCUT2D eigenvalue weighted by Crippen LogP contribution is 2.12. The lowest BCUT2D eigenvalue weighted by Crippen LogP contribution is -1.98. The van der Waals surface area contributed by atoms with Crippen LogP contribution in [0.3, 0.4) is 0 Å². The van der Waals surface area contributed by atoms with E-state index in [1.54, 1.807) is 7.11 Å². The molecule has 0 amide bonds. The van der Waals surface area contributed by atoms with Gasteiger partial charge in [0.2, 0.25) is 0 Å². The molecule has 17 heavy (non-hydrogen) atoms. The van der Waals surface area contributed by atoms with Crippen molar-refractivity contribution in [3.05, 3.63) is 41.5 Å². The van der Waals surface area contributed by atoms with Crippen LogP contribution in [0.5, 0.6) is 5.75 Å². The molecular weight excluding hydrogens is 212 g/mol. The molecule has 0 saturated heterocycles. The number of allylic oxidation sites excluding steroid dienone is 1. The summed E-state index contributed by atoms with van der Waals surface area (Å²) >= 11 is 0. The van der Waals surface area contributed by atoms with Crippen molar-refractivity contribution in [3.8, 4) is 5.75 Å². The Morgan fingerprint density at radius 1 is 1.24 bits per heavy atom. The summed E-state index contributed by atoms with van der Waals surface area (Å²) in [5.74, 6) is 1.46. The third-order valence-electron chi connectivity index (χ3n) is 2.38. The van der Waals surface area contributed by atoms with Crippen LogP contribution < -0.4 is 4.74 Å². The van der Waals surface area contributed by atoms with Gasteiger partial charge in [-0.05, 0) is 30.5 Å². The van der Waals surface area contributed by atoms with Crippen molar-refractivity contribution in [2.24, 2.45) is 5.92 Å². The Morgan fingerprint density at radius 3 is 2.41 bits per heavy atom. The molecule has 2 nitrogen and oxygen atoms in total. The molecule has 2 heteroatoms. The molecule has 0 bridgehead atoms. The van der Waals surface area contributed by atoms with E-state index in [2.05, 4.69) is 26.8 Å². The van der Waals surface area contributed by atoms with Gasteiger partial charge in [-0.15, -0.1) is 0 Å². The van der Waals surface area contributed by atoms with Crippen LogP contribution in [0, 0.1) is 5.92 Å². The fourth-order valence-corrected chi connectivity index (χ4v) is 1.67. The predicted molar refractivity (Wildman–Crippen MR) is 71.2 cm³/mol. The smallest absolute Gasteiger partial charge is 0.118 e. The third kappa shape index (κ3) is 5.55. The molecule has 0 heterocycles. The van der Waals surface area contributed by atoms with Crippen molar-refractivity contribution in [1.29, 1.82) is 0 Å². The van der Waals surface area contributed by atoms with Crippen molar-refractivity contribution in [2.45, 2.75) is 27.4 Å². The van der Waals surface area contributed by atoms with Crippen LogP contribution in [-0.2, 0) is 11.3 Å². The summed E-state index contributed by atoms with van der Waals surface area (Å²) in [5.41, 5.74) is 2.46. The fraction of sp³-hybridized carbons (Fsp3) is 0.467.